The summed E-state index contributed by atoms with van der Waals surface area (Å²) < 4.78 is 35.3. The van der Waals surface area contributed by atoms with Crippen LogP contribution in [-0.2, 0) is 30.2 Å². The number of carbonyl (C=O) groups is 4. The molecule has 3 aliphatic rings. The molecular formula is C38H48ClFN4O10. The molecule has 0 saturated carbocycles. The number of benzene rings is 2. The first-order valence-electron chi connectivity index (χ1n) is 17.3. The van der Waals surface area contributed by atoms with Crippen molar-refractivity contribution in [3.05, 3.63) is 76.1 Å². The van der Waals surface area contributed by atoms with Crippen LogP contribution in [0.5, 0.6) is 5.75 Å². The number of nitrogens with one attached hydrogen (secondary N) is 1. The standard InChI is InChI=1S/C27H35ClN2O7.C11H13FN2O3/c1-15-7-6-8-22(35-5)27(33)14-21(37-26(32)29-27)16(2)25-19(36-25)9-10-23(31)30(3)18-12-17(11-15)13-20(34-4)24(18)28;1-6(11(16)17)14(2)10(15)7-3-4-8(12)9(13)5-7/h6-8,12-13,16,19,21-22,25,33H,9-11,14H2,1-5H3,(H,29,32);3-6H,13H2,1-2H3,(H,16,17)/b8-6+,15-7+;/t16-,19?,21?,22-,25?,27+;6-/m10/s1. The number of nitrogen functional groups attached to an aromatic ring is 1. The molecule has 5 rings (SSSR count). The van der Waals surface area contributed by atoms with E-state index in [1.165, 1.54) is 33.2 Å². The fourth-order valence-corrected chi connectivity index (χ4v) is 6.66. The molecule has 0 spiro atoms. The zero-order chi connectivity index (χ0) is 40.1. The van der Waals surface area contributed by atoms with Crippen LogP contribution in [0.15, 0.2) is 54.1 Å². The summed E-state index contributed by atoms with van der Waals surface area (Å²) in [4.78, 5) is 50.6. The number of alkyl carbamates (subject to hydrolysis) is 1. The number of nitrogens with two attached hydrogens (primary N) is 1. The Bertz CT molecular complexity index is 1810. The molecule has 14 nitrogen and oxygen atoms in total. The van der Waals surface area contributed by atoms with E-state index in [0.29, 0.717) is 29.3 Å². The van der Waals surface area contributed by atoms with Crippen LogP contribution >= 0.6 is 11.6 Å². The van der Waals surface area contributed by atoms with E-state index in [1.54, 1.807) is 31.2 Å². The molecule has 3 heterocycles. The first-order chi connectivity index (χ1) is 25.4. The Labute approximate surface area is 318 Å². The molecule has 3 aliphatic heterocycles. The molecule has 2 fully saturated rings. The van der Waals surface area contributed by atoms with Crippen LogP contribution in [0, 0.1) is 11.7 Å². The Morgan fingerprint density at radius 1 is 1.20 bits per heavy atom. The number of halogens is 2. The highest BCUT2D eigenvalue weighted by atomic mass is 35.5. The second-order valence-electron chi connectivity index (χ2n) is 13.7. The molecule has 2 aromatic rings. The average Bonchev–Trinajstić information content (AvgIpc) is 3.91. The summed E-state index contributed by atoms with van der Waals surface area (Å²) in [7, 11) is 6.09. The van der Waals surface area contributed by atoms with Crippen LogP contribution in [0.3, 0.4) is 0 Å². The van der Waals surface area contributed by atoms with Crippen LogP contribution in [0.1, 0.15) is 56.0 Å². The summed E-state index contributed by atoms with van der Waals surface area (Å²) in [6, 6.07) is 6.31. The molecule has 294 valence electrons. The molecule has 3 amide bonds. The maximum absolute atomic E-state index is 13.1. The highest BCUT2D eigenvalue weighted by molar-refractivity contribution is 6.35. The normalized spacial score (nSPS) is 27.7. The molecule has 0 aromatic heterocycles. The molecule has 3 unspecified atom stereocenters. The lowest BCUT2D eigenvalue weighted by atomic mass is 9.87. The van der Waals surface area contributed by atoms with Gasteiger partial charge in [-0.15, -0.1) is 0 Å². The minimum absolute atomic E-state index is 0.0956. The number of ether oxygens (including phenoxy) is 4. The number of carboxylic acids is 1. The van der Waals surface area contributed by atoms with E-state index in [9.17, 15) is 28.7 Å². The Balaban J connectivity index is 0.000000321. The van der Waals surface area contributed by atoms with Crippen molar-refractivity contribution >= 4 is 46.9 Å². The number of aliphatic carboxylic acids is 1. The number of carboxylic acid groups (broad SMARTS) is 1. The van der Waals surface area contributed by atoms with Gasteiger partial charge >= 0.3 is 12.1 Å². The number of aliphatic hydroxyl groups is 1. The zero-order valence-corrected chi connectivity index (χ0v) is 32.1. The van der Waals surface area contributed by atoms with Gasteiger partial charge in [0, 0.05) is 45.5 Å². The van der Waals surface area contributed by atoms with Gasteiger partial charge in [0.05, 0.1) is 30.7 Å². The molecule has 16 heteroatoms. The van der Waals surface area contributed by atoms with Gasteiger partial charge in [0.25, 0.3) is 5.91 Å². The number of hydrogen-bond acceptors (Lipinski definition) is 10. The summed E-state index contributed by atoms with van der Waals surface area (Å²) in [5.74, 6) is -2.04. The Hall–Kier alpha value is -4.70. The van der Waals surface area contributed by atoms with Gasteiger partial charge in [-0.25, -0.2) is 14.0 Å². The number of rotatable bonds is 5. The van der Waals surface area contributed by atoms with Crippen molar-refractivity contribution in [2.45, 2.75) is 82.6 Å². The number of likely N-dealkylation sites (N-methyl/N-ethyl adjacent to an activating group) is 1. The predicted octanol–water partition coefficient (Wildman–Crippen LogP) is 4.71. The summed E-state index contributed by atoms with van der Waals surface area (Å²) >= 11 is 6.58. The van der Waals surface area contributed by atoms with Gasteiger partial charge in [-0.3, -0.25) is 14.9 Å². The molecule has 2 aromatic carbocycles. The van der Waals surface area contributed by atoms with Crippen molar-refractivity contribution < 1.29 is 52.7 Å². The minimum atomic E-state index is -1.65. The molecule has 2 saturated heterocycles. The van der Waals surface area contributed by atoms with Crippen molar-refractivity contribution in [3.8, 4) is 5.75 Å². The van der Waals surface area contributed by atoms with E-state index in [1.807, 2.05) is 32.1 Å². The van der Waals surface area contributed by atoms with Crippen molar-refractivity contribution in [1.82, 2.24) is 10.2 Å². The third kappa shape index (κ3) is 9.88. The number of allylic oxidation sites excluding steroid dienone is 3. The van der Waals surface area contributed by atoms with E-state index < -0.39 is 47.8 Å². The largest absolute Gasteiger partial charge is 0.495 e. The van der Waals surface area contributed by atoms with Crippen LogP contribution < -0.4 is 20.7 Å². The molecule has 7 atom stereocenters. The number of epoxide rings is 1. The molecular weight excluding hydrogens is 727 g/mol. The van der Waals surface area contributed by atoms with Gasteiger partial charge in [0.1, 0.15) is 34.8 Å². The van der Waals surface area contributed by atoms with Crippen molar-refractivity contribution in [1.29, 1.82) is 0 Å². The third-order valence-electron chi connectivity index (χ3n) is 9.87. The number of fused-ring (bicyclic) bond motifs is 5. The second kappa shape index (κ2) is 17.6. The lowest BCUT2D eigenvalue weighted by molar-refractivity contribution is -0.142. The van der Waals surface area contributed by atoms with Crippen LogP contribution in [0.25, 0.3) is 0 Å². The Kier molecular flexibility index (Phi) is 13.7. The van der Waals surface area contributed by atoms with Crippen molar-refractivity contribution in [2.75, 3.05) is 38.9 Å². The van der Waals surface area contributed by atoms with E-state index >= 15 is 0 Å². The van der Waals surface area contributed by atoms with E-state index in [0.717, 1.165) is 22.1 Å². The SMILES string of the molecule is COc1cc2cc(c1Cl)N(C)C(=O)CCC1OC1[C@H](C)C1C[C@@](O)(NC(=O)O1)[C@H](OC)/C=C/C=C(\C)C2.C[C@@H](C(=O)O)N(C)C(=O)c1ccc(F)c(N)c1. The summed E-state index contributed by atoms with van der Waals surface area (Å²) in [6.45, 7) is 5.28. The van der Waals surface area contributed by atoms with Crippen molar-refractivity contribution in [2.24, 2.45) is 5.92 Å². The summed E-state index contributed by atoms with van der Waals surface area (Å²) in [6.07, 6.45) is 4.48. The first-order valence-corrected chi connectivity index (χ1v) is 17.7. The van der Waals surface area contributed by atoms with E-state index in [-0.39, 0.29) is 48.1 Å². The fraction of sp³-hybridized carbons (Fsp3) is 0.474. The highest BCUT2D eigenvalue weighted by Crippen LogP contribution is 2.40. The minimum Gasteiger partial charge on any atom is -0.495 e. The number of hydrogen-bond donors (Lipinski definition) is 4. The Morgan fingerprint density at radius 2 is 1.91 bits per heavy atom. The first kappa shape index (κ1) is 42.0. The number of carbonyl (C=O) groups excluding carboxylic acids is 3. The second-order valence-corrected chi connectivity index (χ2v) is 14.1. The predicted molar refractivity (Wildman–Crippen MR) is 199 cm³/mol. The highest BCUT2D eigenvalue weighted by Gasteiger charge is 2.52. The number of amides is 3. The van der Waals surface area contributed by atoms with Crippen LogP contribution in [0.4, 0.5) is 20.6 Å². The lowest BCUT2D eigenvalue weighted by Gasteiger charge is -2.41. The number of methoxy groups -OCH3 is 2. The maximum atomic E-state index is 13.1. The monoisotopic (exact) mass is 774 g/mol. The quantitative estimate of drug-likeness (QED) is 0.243. The molecule has 0 aliphatic carbocycles. The van der Waals surface area contributed by atoms with Gasteiger partial charge in [-0.05, 0) is 62.6 Å². The van der Waals surface area contributed by atoms with E-state index in [2.05, 4.69) is 5.32 Å². The molecule has 4 bridgehead atoms. The zero-order valence-electron chi connectivity index (χ0n) is 31.3. The molecule has 0 radical (unpaired) electrons. The van der Waals surface area contributed by atoms with Crippen molar-refractivity contribution in [3.63, 3.8) is 0 Å². The van der Waals surface area contributed by atoms with Gasteiger partial charge in [-0.1, -0.05) is 42.3 Å². The molecule has 5 N–H and O–H groups in total. The van der Waals surface area contributed by atoms with Crippen LogP contribution in [-0.4, -0.2) is 103 Å². The van der Waals surface area contributed by atoms with Gasteiger partial charge in [-0.2, -0.15) is 0 Å². The van der Waals surface area contributed by atoms with Gasteiger partial charge in [0.15, 0.2) is 5.72 Å². The van der Waals surface area contributed by atoms with Crippen LogP contribution in [0.2, 0.25) is 5.02 Å². The van der Waals surface area contributed by atoms with Gasteiger partial charge < -0.3 is 44.7 Å². The third-order valence-corrected chi connectivity index (χ3v) is 10.2. The molecule has 54 heavy (non-hydrogen) atoms. The van der Waals surface area contributed by atoms with E-state index in [4.69, 9.17) is 41.4 Å². The van der Waals surface area contributed by atoms with Gasteiger partial charge in [0.2, 0.25) is 5.91 Å². The average molecular weight is 775 g/mol. The summed E-state index contributed by atoms with van der Waals surface area (Å²) in [5, 5.41) is 23.0. The number of anilines is 2. The Morgan fingerprint density at radius 3 is 2.54 bits per heavy atom. The summed E-state index contributed by atoms with van der Waals surface area (Å²) in [5.41, 5.74) is 6.21. The number of nitrogens with zero attached hydrogens (tertiary/aromatic N) is 2. The smallest absolute Gasteiger partial charge is 0.409 e. The fourth-order valence-electron chi connectivity index (χ4n) is 6.34. The lowest BCUT2D eigenvalue weighted by Crippen LogP contribution is -2.63. The topological polar surface area (TPSA) is 193 Å². The maximum Gasteiger partial charge on any atom is 0.409 e.